The van der Waals surface area contributed by atoms with Gasteiger partial charge in [-0.15, -0.1) is 0 Å². The summed E-state index contributed by atoms with van der Waals surface area (Å²) in [7, 11) is 0. The Hall–Kier alpha value is -0.120. The number of ether oxygens (including phenoxy) is 1. The van der Waals surface area contributed by atoms with Gasteiger partial charge in [-0.1, -0.05) is 0 Å². The summed E-state index contributed by atoms with van der Waals surface area (Å²) in [4.78, 5) is 2.66. The van der Waals surface area contributed by atoms with Gasteiger partial charge in [0, 0.05) is 39.1 Å². The van der Waals surface area contributed by atoms with E-state index in [0.717, 1.165) is 12.5 Å². The van der Waals surface area contributed by atoms with E-state index in [-0.39, 0.29) is 0 Å². The fraction of sp³-hybridized carbons (Fsp3) is 1.00. The van der Waals surface area contributed by atoms with Crippen molar-refractivity contribution >= 4 is 0 Å². The Morgan fingerprint density at radius 3 is 2.44 bits per heavy atom. The summed E-state index contributed by atoms with van der Waals surface area (Å²) in [6.07, 6.45) is 5.87. The van der Waals surface area contributed by atoms with Crippen molar-refractivity contribution < 1.29 is 10.1 Å². The normalized spacial score (nSPS) is 26.1. The second-order valence-electron chi connectivity index (χ2n) is 5.26. The van der Waals surface area contributed by atoms with Crippen LogP contribution < -0.4 is 5.32 Å². The molecule has 0 spiro atoms. The molecule has 0 bridgehead atoms. The molecule has 2 N–H and O–H groups in total. The number of nitrogens with two attached hydrogens (primary N) is 1. The van der Waals surface area contributed by atoms with E-state index in [1.54, 1.807) is 0 Å². The van der Waals surface area contributed by atoms with Gasteiger partial charge >= 0.3 is 0 Å². The lowest BCUT2D eigenvalue weighted by atomic mass is 9.96. The first-order valence-corrected chi connectivity index (χ1v) is 7.04. The zero-order valence-electron chi connectivity index (χ0n) is 10.7. The SMILES string of the molecule is CCOC1CCN(CC2CC[NH2+]CC2)CC1. The number of quaternary nitrogens is 1. The first-order chi connectivity index (χ1) is 7.88. The Labute approximate surface area is 99.5 Å². The van der Waals surface area contributed by atoms with Crippen molar-refractivity contribution in [1.29, 1.82) is 0 Å². The largest absolute Gasteiger partial charge is 0.378 e. The van der Waals surface area contributed by atoms with Crippen LogP contribution in [0.15, 0.2) is 0 Å². The third kappa shape index (κ3) is 3.72. The van der Waals surface area contributed by atoms with Gasteiger partial charge in [0.15, 0.2) is 0 Å². The van der Waals surface area contributed by atoms with Gasteiger partial charge in [0.1, 0.15) is 0 Å². The number of hydrogen-bond donors (Lipinski definition) is 1. The lowest BCUT2D eigenvalue weighted by Crippen LogP contribution is -2.86. The van der Waals surface area contributed by atoms with Crippen LogP contribution in [-0.2, 0) is 4.74 Å². The Balaban J connectivity index is 1.64. The van der Waals surface area contributed by atoms with Crippen molar-refractivity contribution in [3.63, 3.8) is 0 Å². The summed E-state index contributed by atoms with van der Waals surface area (Å²) in [5.74, 6) is 0.966. The van der Waals surface area contributed by atoms with Gasteiger partial charge in [-0.2, -0.15) is 0 Å². The van der Waals surface area contributed by atoms with Gasteiger partial charge in [0.2, 0.25) is 0 Å². The van der Waals surface area contributed by atoms with Crippen molar-refractivity contribution in [1.82, 2.24) is 4.90 Å². The average molecular weight is 227 g/mol. The van der Waals surface area contributed by atoms with Crippen molar-refractivity contribution in [2.24, 2.45) is 5.92 Å². The molecular weight excluding hydrogens is 200 g/mol. The van der Waals surface area contributed by atoms with E-state index in [9.17, 15) is 0 Å². The number of likely N-dealkylation sites (tertiary alicyclic amines) is 1. The third-order valence-electron chi connectivity index (χ3n) is 4.01. The quantitative estimate of drug-likeness (QED) is 0.756. The summed E-state index contributed by atoms with van der Waals surface area (Å²) in [5.41, 5.74) is 0. The predicted molar refractivity (Wildman–Crippen MR) is 65.5 cm³/mol. The lowest BCUT2D eigenvalue weighted by molar-refractivity contribution is -0.664. The molecule has 2 rings (SSSR count). The highest BCUT2D eigenvalue weighted by atomic mass is 16.5. The first kappa shape index (κ1) is 12.3. The molecular formula is C13H27N2O+. The Kier molecular flexibility index (Phi) is 5.07. The van der Waals surface area contributed by atoms with Crippen LogP contribution in [0.2, 0.25) is 0 Å². The topological polar surface area (TPSA) is 29.1 Å². The van der Waals surface area contributed by atoms with Crippen molar-refractivity contribution in [3.8, 4) is 0 Å². The van der Waals surface area contributed by atoms with Crippen molar-refractivity contribution in [3.05, 3.63) is 0 Å². The number of hydrogen-bond acceptors (Lipinski definition) is 2. The van der Waals surface area contributed by atoms with Crippen LogP contribution in [0.25, 0.3) is 0 Å². The molecule has 16 heavy (non-hydrogen) atoms. The highest BCUT2D eigenvalue weighted by Crippen LogP contribution is 2.17. The number of rotatable bonds is 4. The number of piperidine rings is 2. The second-order valence-corrected chi connectivity index (χ2v) is 5.26. The van der Waals surface area contributed by atoms with E-state index in [0.29, 0.717) is 6.10 Å². The van der Waals surface area contributed by atoms with Crippen molar-refractivity contribution in [2.45, 2.75) is 38.7 Å². The molecule has 0 atom stereocenters. The number of nitrogens with zero attached hydrogens (tertiary/aromatic N) is 1. The first-order valence-electron chi connectivity index (χ1n) is 7.04. The van der Waals surface area contributed by atoms with Gasteiger partial charge in [-0.05, 0) is 25.7 Å². The molecule has 0 amide bonds. The van der Waals surface area contributed by atoms with E-state index in [1.165, 1.54) is 58.4 Å². The van der Waals surface area contributed by atoms with Crippen LogP contribution in [0.3, 0.4) is 0 Å². The molecule has 2 aliphatic heterocycles. The maximum Gasteiger partial charge on any atom is 0.0758 e. The molecule has 3 nitrogen and oxygen atoms in total. The fourth-order valence-corrected chi connectivity index (χ4v) is 3.04. The minimum Gasteiger partial charge on any atom is -0.378 e. The molecule has 2 fully saturated rings. The highest BCUT2D eigenvalue weighted by Gasteiger charge is 2.23. The van der Waals surface area contributed by atoms with E-state index in [4.69, 9.17) is 4.74 Å². The monoisotopic (exact) mass is 227 g/mol. The minimum absolute atomic E-state index is 0.543. The molecule has 0 radical (unpaired) electrons. The fourth-order valence-electron chi connectivity index (χ4n) is 3.04. The molecule has 0 aliphatic carbocycles. The summed E-state index contributed by atoms with van der Waals surface area (Å²) >= 11 is 0. The molecule has 94 valence electrons. The van der Waals surface area contributed by atoms with Crippen LogP contribution >= 0.6 is 0 Å². The van der Waals surface area contributed by atoms with Gasteiger partial charge in [0.05, 0.1) is 19.2 Å². The van der Waals surface area contributed by atoms with Crippen LogP contribution in [0.1, 0.15) is 32.6 Å². The molecule has 2 aliphatic rings. The highest BCUT2D eigenvalue weighted by molar-refractivity contribution is 4.75. The summed E-state index contributed by atoms with van der Waals surface area (Å²) < 4.78 is 5.69. The van der Waals surface area contributed by atoms with Crippen LogP contribution in [0, 0.1) is 5.92 Å². The van der Waals surface area contributed by atoms with E-state index in [2.05, 4.69) is 17.1 Å². The smallest absolute Gasteiger partial charge is 0.0758 e. The standard InChI is InChI=1S/C13H26N2O/c1-2-16-13-5-9-15(10-6-13)11-12-3-7-14-8-4-12/h12-14H,2-11H2,1H3/p+1. The van der Waals surface area contributed by atoms with Gasteiger partial charge in [-0.25, -0.2) is 0 Å². The van der Waals surface area contributed by atoms with Crippen LogP contribution in [-0.4, -0.2) is 50.3 Å². The molecule has 2 saturated heterocycles. The molecule has 0 aromatic carbocycles. The van der Waals surface area contributed by atoms with E-state index in [1.807, 2.05) is 0 Å². The molecule has 2 heterocycles. The second kappa shape index (κ2) is 6.58. The molecule has 0 aromatic heterocycles. The van der Waals surface area contributed by atoms with Gasteiger partial charge in [0.25, 0.3) is 0 Å². The lowest BCUT2D eigenvalue weighted by Gasteiger charge is -2.34. The summed E-state index contributed by atoms with van der Waals surface area (Å²) in [5, 5.41) is 2.46. The van der Waals surface area contributed by atoms with Gasteiger partial charge < -0.3 is 15.0 Å². The minimum atomic E-state index is 0.543. The maximum absolute atomic E-state index is 5.69. The molecule has 3 heteroatoms. The Morgan fingerprint density at radius 2 is 1.81 bits per heavy atom. The third-order valence-corrected chi connectivity index (χ3v) is 4.01. The summed E-state index contributed by atoms with van der Waals surface area (Å²) in [6.45, 7) is 9.52. The molecule has 0 aromatic rings. The zero-order chi connectivity index (χ0) is 11.2. The molecule has 0 unspecified atom stereocenters. The van der Waals surface area contributed by atoms with E-state index >= 15 is 0 Å². The van der Waals surface area contributed by atoms with Crippen LogP contribution in [0.5, 0.6) is 0 Å². The Morgan fingerprint density at radius 1 is 1.12 bits per heavy atom. The van der Waals surface area contributed by atoms with E-state index < -0.39 is 0 Å². The van der Waals surface area contributed by atoms with Gasteiger partial charge in [-0.3, -0.25) is 0 Å². The van der Waals surface area contributed by atoms with Crippen LogP contribution in [0.4, 0.5) is 0 Å². The van der Waals surface area contributed by atoms with Crippen molar-refractivity contribution in [2.75, 3.05) is 39.3 Å². The summed E-state index contributed by atoms with van der Waals surface area (Å²) in [6, 6.07) is 0. The predicted octanol–water partition coefficient (Wildman–Crippen LogP) is 0.461. The maximum atomic E-state index is 5.69. The zero-order valence-corrected chi connectivity index (χ0v) is 10.7. The molecule has 0 saturated carbocycles. The average Bonchev–Trinajstić information content (AvgIpc) is 2.33. The Bertz CT molecular complexity index is 184.